The number of nitrogens with zero attached hydrogens (tertiary/aromatic N) is 3. The third-order valence-corrected chi connectivity index (χ3v) is 7.44. The van der Waals surface area contributed by atoms with Gasteiger partial charge in [0.15, 0.2) is 0 Å². The third-order valence-electron chi connectivity index (χ3n) is 6.27. The molecule has 9 heteroatoms. The van der Waals surface area contributed by atoms with Gasteiger partial charge in [-0.25, -0.2) is 14.8 Å². The quantitative estimate of drug-likeness (QED) is 0.685. The Hall–Kier alpha value is -2.42. The topological polar surface area (TPSA) is 102 Å². The van der Waals surface area contributed by atoms with Crippen LogP contribution in [0.5, 0.6) is 5.88 Å². The molecule has 1 fully saturated rings. The molecule has 4 rings (SSSR count). The molecule has 32 heavy (non-hydrogen) atoms. The molecular formula is C23H31N3O5S. The lowest BCUT2D eigenvalue weighted by molar-refractivity contribution is -0.137. The summed E-state index contributed by atoms with van der Waals surface area (Å²) in [4.78, 5) is 36.3. The van der Waals surface area contributed by atoms with Crippen molar-refractivity contribution in [2.75, 3.05) is 7.05 Å². The van der Waals surface area contributed by atoms with Crippen LogP contribution in [-0.2, 0) is 16.0 Å². The average molecular weight is 462 g/mol. The zero-order valence-corrected chi connectivity index (χ0v) is 19.9. The summed E-state index contributed by atoms with van der Waals surface area (Å²) >= 11 is 1.62. The predicted molar refractivity (Wildman–Crippen MR) is 121 cm³/mol. The van der Waals surface area contributed by atoms with Crippen LogP contribution in [0.2, 0.25) is 0 Å². The zero-order valence-electron chi connectivity index (χ0n) is 19.1. The molecule has 2 aliphatic carbocycles. The van der Waals surface area contributed by atoms with Crippen LogP contribution < -0.4 is 4.74 Å². The Morgan fingerprint density at radius 2 is 1.91 bits per heavy atom. The van der Waals surface area contributed by atoms with Gasteiger partial charge in [-0.3, -0.25) is 4.79 Å². The van der Waals surface area contributed by atoms with E-state index in [0.29, 0.717) is 5.88 Å². The number of aromatic nitrogens is 2. The van der Waals surface area contributed by atoms with Gasteiger partial charge >= 0.3 is 12.1 Å². The summed E-state index contributed by atoms with van der Waals surface area (Å²) in [7, 11) is 1.80. The highest BCUT2D eigenvalue weighted by Crippen LogP contribution is 2.47. The third kappa shape index (κ3) is 4.82. The normalized spacial score (nSPS) is 23.1. The van der Waals surface area contributed by atoms with Gasteiger partial charge in [0.25, 0.3) is 0 Å². The van der Waals surface area contributed by atoms with Crippen LogP contribution in [-0.4, -0.2) is 56.8 Å². The van der Waals surface area contributed by atoms with Crippen LogP contribution in [0.3, 0.4) is 0 Å². The van der Waals surface area contributed by atoms with Crippen LogP contribution in [0.4, 0.5) is 4.79 Å². The minimum atomic E-state index is -0.783. The van der Waals surface area contributed by atoms with Crippen LogP contribution in [0, 0.1) is 0 Å². The van der Waals surface area contributed by atoms with E-state index in [2.05, 4.69) is 9.97 Å². The van der Waals surface area contributed by atoms with Crippen LogP contribution in [0.1, 0.15) is 75.7 Å². The summed E-state index contributed by atoms with van der Waals surface area (Å²) in [6.07, 6.45) is 6.38. The van der Waals surface area contributed by atoms with Crippen molar-refractivity contribution in [3.05, 3.63) is 16.8 Å². The lowest BCUT2D eigenvalue weighted by atomic mass is 9.92. The number of carboxylic acid groups (broad SMARTS) is 1. The molecule has 8 nitrogen and oxygen atoms in total. The number of ether oxygens (including phenoxy) is 2. The number of rotatable bonds is 5. The number of carboxylic acids is 1. The van der Waals surface area contributed by atoms with Crippen molar-refractivity contribution in [3.63, 3.8) is 0 Å². The van der Waals surface area contributed by atoms with E-state index in [-0.39, 0.29) is 30.6 Å². The van der Waals surface area contributed by atoms with Crippen molar-refractivity contribution in [2.24, 2.45) is 0 Å². The number of fused-ring (bicyclic) bond motifs is 3. The number of carbonyl (C=O) groups excluding carboxylic acids is 1. The van der Waals surface area contributed by atoms with E-state index in [0.717, 1.165) is 54.3 Å². The van der Waals surface area contributed by atoms with E-state index < -0.39 is 11.6 Å². The monoisotopic (exact) mass is 461 g/mol. The molecule has 1 amide bonds. The smallest absolute Gasteiger partial charge is 0.410 e. The molecule has 2 aromatic rings. The second kappa shape index (κ2) is 8.84. The molecule has 1 unspecified atom stereocenters. The fraction of sp³-hybridized carbons (Fsp3) is 0.652. The molecule has 2 aromatic heterocycles. The van der Waals surface area contributed by atoms with Crippen LogP contribution in [0.15, 0.2) is 6.33 Å². The molecule has 0 spiro atoms. The molecule has 1 N–H and O–H groups in total. The SMILES string of the molecule is CN(C(=O)OC(C)(C)C)C1CCC(Oc2ncnc3sc4c(c23)C(CC(=O)O)CC4)CC1. The Kier molecular flexibility index (Phi) is 6.29. The van der Waals surface area contributed by atoms with Crippen molar-refractivity contribution in [2.45, 2.75) is 89.4 Å². The maximum Gasteiger partial charge on any atom is 0.410 e. The Bertz CT molecular complexity index is 1010. The first-order chi connectivity index (χ1) is 15.1. The zero-order chi connectivity index (χ0) is 23.0. The number of aryl methyl sites for hydroxylation is 1. The summed E-state index contributed by atoms with van der Waals surface area (Å²) in [6.45, 7) is 5.61. The number of aliphatic carboxylic acids is 1. The van der Waals surface area contributed by atoms with E-state index in [1.54, 1.807) is 23.3 Å². The van der Waals surface area contributed by atoms with Gasteiger partial charge in [0.2, 0.25) is 5.88 Å². The number of thiophene rings is 1. The Morgan fingerprint density at radius 1 is 1.19 bits per heavy atom. The van der Waals surface area contributed by atoms with Crippen molar-refractivity contribution >= 4 is 33.6 Å². The molecule has 0 aromatic carbocycles. The highest BCUT2D eigenvalue weighted by molar-refractivity contribution is 7.19. The molecule has 0 radical (unpaired) electrons. The van der Waals surface area contributed by atoms with Crippen LogP contribution >= 0.6 is 11.3 Å². The molecular weight excluding hydrogens is 430 g/mol. The molecule has 0 bridgehead atoms. The van der Waals surface area contributed by atoms with Gasteiger partial charge in [-0.05, 0) is 70.8 Å². The summed E-state index contributed by atoms with van der Waals surface area (Å²) in [5, 5.41) is 10.2. The maximum absolute atomic E-state index is 12.4. The molecule has 174 valence electrons. The lowest BCUT2D eigenvalue weighted by Crippen LogP contribution is -2.43. The van der Waals surface area contributed by atoms with Crippen molar-refractivity contribution in [1.82, 2.24) is 14.9 Å². The van der Waals surface area contributed by atoms with E-state index in [4.69, 9.17) is 9.47 Å². The fourth-order valence-electron chi connectivity index (χ4n) is 4.74. The number of carbonyl (C=O) groups is 2. The summed E-state index contributed by atoms with van der Waals surface area (Å²) in [6, 6.07) is 0.125. The van der Waals surface area contributed by atoms with Gasteiger partial charge in [0.05, 0.1) is 11.8 Å². The lowest BCUT2D eigenvalue weighted by Gasteiger charge is -2.35. The van der Waals surface area contributed by atoms with E-state index in [1.807, 2.05) is 20.8 Å². The van der Waals surface area contributed by atoms with Gasteiger partial charge in [-0.15, -0.1) is 11.3 Å². The molecule has 0 aliphatic heterocycles. The molecule has 2 aliphatic rings. The molecule has 0 saturated heterocycles. The highest BCUT2D eigenvalue weighted by atomic mass is 32.1. The fourth-order valence-corrected chi connectivity index (χ4v) is 5.97. The largest absolute Gasteiger partial charge is 0.481 e. The van der Waals surface area contributed by atoms with E-state index in [9.17, 15) is 14.7 Å². The summed E-state index contributed by atoms with van der Waals surface area (Å²) < 4.78 is 11.8. The molecule has 1 atom stereocenters. The van der Waals surface area contributed by atoms with Crippen molar-refractivity contribution < 1.29 is 24.2 Å². The maximum atomic E-state index is 12.4. The Labute approximate surface area is 191 Å². The number of amides is 1. The van der Waals surface area contributed by atoms with E-state index in [1.165, 1.54) is 11.2 Å². The first-order valence-electron chi connectivity index (χ1n) is 11.2. The standard InChI is InChI=1S/C23H31N3O5S/c1-23(2,3)31-22(29)26(4)14-6-8-15(9-7-14)30-20-19-18-13(11-17(27)28)5-10-16(18)32-21(19)25-12-24-20/h12-15H,5-11H2,1-4H3,(H,27,28). The Morgan fingerprint density at radius 3 is 2.56 bits per heavy atom. The van der Waals surface area contributed by atoms with Gasteiger partial charge in [0, 0.05) is 18.0 Å². The predicted octanol–water partition coefficient (Wildman–Crippen LogP) is 4.75. The summed E-state index contributed by atoms with van der Waals surface area (Å²) in [5.41, 5.74) is 0.560. The van der Waals surface area contributed by atoms with E-state index >= 15 is 0 Å². The first kappa shape index (κ1) is 22.8. The highest BCUT2D eigenvalue weighted by Gasteiger charge is 2.33. The van der Waals surface area contributed by atoms with Gasteiger partial charge in [-0.2, -0.15) is 0 Å². The average Bonchev–Trinajstić information content (AvgIpc) is 3.26. The number of hydrogen-bond donors (Lipinski definition) is 1. The first-order valence-corrected chi connectivity index (χ1v) is 12.0. The minimum Gasteiger partial charge on any atom is -0.481 e. The van der Waals surface area contributed by atoms with Crippen LogP contribution in [0.25, 0.3) is 10.2 Å². The minimum absolute atomic E-state index is 0.00580. The van der Waals surface area contributed by atoms with Crippen molar-refractivity contribution in [3.8, 4) is 5.88 Å². The molecule has 2 heterocycles. The number of hydrogen-bond acceptors (Lipinski definition) is 7. The molecule has 1 saturated carbocycles. The second-order valence-corrected chi connectivity index (χ2v) is 10.9. The Balaban J connectivity index is 1.44. The van der Waals surface area contributed by atoms with Crippen molar-refractivity contribution in [1.29, 1.82) is 0 Å². The summed E-state index contributed by atoms with van der Waals surface area (Å²) in [5.74, 6) is -0.231. The van der Waals surface area contributed by atoms with Gasteiger partial charge in [0.1, 0.15) is 22.9 Å². The van der Waals surface area contributed by atoms with Gasteiger partial charge < -0.3 is 19.5 Å². The van der Waals surface area contributed by atoms with Gasteiger partial charge in [-0.1, -0.05) is 0 Å². The second-order valence-electron chi connectivity index (χ2n) is 9.77.